The molecule has 3 aromatic rings. The molecule has 0 fully saturated rings. The molecule has 0 unspecified atom stereocenters. The van der Waals surface area contributed by atoms with Gasteiger partial charge in [0.25, 0.3) is 0 Å². The maximum Gasteiger partial charge on any atom is 0.224 e. The molecule has 2 heterocycles. The Morgan fingerprint density at radius 2 is 1.92 bits per heavy atom. The van der Waals surface area contributed by atoms with Crippen LogP contribution in [0.2, 0.25) is 10.4 Å². The molecule has 136 valence electrons. The van der Waals surface area contributed by atoms with Gasteiger partial charge in [0, 0.05) is 11.6 Å². The average Bonchev–Trinajstić information content (AvgIpc) is 2.54. The molecular weight excluding hydrogens is 395 g/mol. The molecule has 9 heteroatoms. The van der Waals surface area contributed by atoms with Crippen molar-refractivity contribution in [2.24, 2.45) is 0 Å². The number of nitrogens with zero attached hydrogens (tertiary/aromatic N) is 3. The molecule has 26 heavy (non-hydrogen) atoms. The van der Waals surface area contributed by atoms with E-state index in [0.29, 0.717) is 32.3 Å². The molecule has 0 saturated heterocycles. The molecule has 2 aromatic heterocycles. The van der Waals surface area contributed by atoms with Crippen LogP contribution >= 0.6 is 23.2 Å². The molecule has 0 amide bonds. The summed E-state index contributed by atoms with van der Waals surface area (Å²) in [6, 6.07) is 6.63. The van der Waals surface area contributed by atoms with Gasteiger partial charge in [-0.15, -0.1) is 0 Å². The van der Waals surface area contributed by atoms with E-state index in [1.165, 1.54) is 12.5 Å². The van der Waals surface area contributed by atoms with Crippen LogP contribution in [0.15, 0.2) is 35.4 Å². The number of sulfone groups is 1. The van der Waals surface area contributed by atoms with Crippen molar-refractivity contribution in [3.8, 4) is 0 Å². The number of anilines is 1. The minimum absolute atomic E-state index is 0.0814. The van der Waals surface area contributed by atoms with Crippen LogP contribution in [-0.4, -0.2) is 29.6 Å². The van der Waals surface area contributed by atoms with Crippen LogP contribution in [-0.2, 0) is 9.84 Å². The second-order valence-electron chi connectivity index (χ2n) is 5.97. The van der Waals surface area contributed by atoms with Crippen LogP contribution in [0, 0.1) is 6.92 Å². The van der Waals surface area contributed by atoms with Crippen LogP contribution < -0.4 is 5.32 Å². The van der Waals surface area contributed by atoms with E-state index in [1.54, 1.807) is 25.1 Å². The highest BCUT2D eigenvalue weighted by Gasteiger charge is 2.18. The molecule has 3 rings (SSSR count). The van der Waals surface area contributed by atoms with Crippen LogP contribution in [0.4, 0.5) is 5.82 Å². The highest BCUT2D eigenvalue weighted by molar-refractivity contribution is 7.90. The topological polar surface area (TPSA) is 84.8 Å². The number of fused-ring (bicyclic) bond motifs is 1. The smallest absolute Gasteiger partial charge is 0.224 e. The Morgan fingerprint density at radius 1 is 1.19 bits per heavy atom. The van der Waals surface area contributed by atoms with Gasteiger partial charge in [0.2, 0.25) is 5.28 Å². The van der Waals surface area contributed by atoms with E-state index in [2.05, 4.69) is 20.3 Å². The lowest BCUT2D eigenvalue weighted by Crippen LogP contribution is -2.12. The summed E-state index contributed by atoms with van der Waals surface area (Å²) in [5.74, 6) is 0.501. The average molecular weight is 411 g/mol. The zero-order chi connectivity index (χ0) is 19.1. The Balaban J connectivity index is 2.05. The second kappa shape index (κ2) is 6.98. The van der Waals surface area contributed by atoms with Gasteiger partial charge in [-0.25, -0.2) is 23.4 Å². The number of benzene rings is 1. The van der Waals surface area contributed by atoms with E-state index in [4.69, 9.17) is 23.2 Å². The van der Waals surface area contributed by atoms with Crippen molar-refractivity contribution in [2.75, 3.05) is 11.6 Å². The Kier molecular flexibility index (Phi) is 5.05. The van der Waals surface area contributed by atoms with Crippen molar-refractivity contribution < 1.29 is 8.42 Å². The fraction of sp³-hybridized carbons (Fsp3) is 0.235. The van der Waals surface area contributed by atoms with E-state index < -0.39 is 9.84 Å². The largest absolute Gasteiger partial charge is 0.363 e. The number of pyridine rings is 1. The predicted octanol–water partition coefficient (Wildman–Crippen LogP) is 4.22. The molecule has 1 aromatic carbocycles. The fourth-order valence-corrected chi connectivity index (χ4v) is 4.21. The Morgan fingerprint density at radius 3 is 2.62 bits per heavy atom. The van der Waals surface area contributed by atoms with Gasteiger partial charge in [0.1, 0.15) is 11.0 Å². The summed E-state index contributed by atoms with van der Waals surface area (Å²) < 4.78 is 23.9. The zero-order valence-corrected chi connectivity index (χ0v) is 16.6. The number of hydrogen-bond donors (Lipinski definition) is 1. The van der Waals surface area contributed by atoms with Gasteiger partial charge in [0.15, 0.2) is 9.84 Å². The first kappa shape index (κ1) is 18.8. The molecular formula is C17H16Cl2N4O2S. The van der Waals surface area contributed by atoms with Crippen molar-refractivity contribution in [2.45, 2.75) is 24.8 Å². The van der Waals surface area contributed by atoms with Gasteiger partial charge in [-0.1, -0.05) is 23.7 Å². The van der Waals surface area contributed by atoms with E-state index in [1.807, 2.05) is 13.0 Å². The lowest BCUT2D eigenvalue weighted by Gasteiger charge is -2.19. The third kappa shape index (κ3) is 3.75. The zero-order valence-electron chi connectivity index (χ0n) is 14.3. The summed E-state index contributed by atoms with van der Waals surface area (Å²) in [4.78, 5) is 12.7. The standard InChI is InChI=1S/C17H16Cl2N4O2S/c1-9-11(5-4-6-14(9)26(3,24)25)10(2)21-16-12-7-15(18)20-8-13(12)22-17(19)23-16/h4-8,10H,1-3H3,(H,21,22,23)/t10-/m1/s1. The Bertz CT molecular complexity index is 1100. The summed E-state index contributed by atoms with van der Waals surface area (Å²) in [6.45, 7) is 3.70. The molecule has 0 bridgehead atoms. The number of aromatic nitrogens is 3. The van der Waals surface area contributed by atoms with Gasteiger partial charge >= 0.3 is 0 Å². The second-order valence-corrected chi connectivity index (χ2v) is 8.68. The first-order chi connectivity index (χ1) is 12.2. The Hall–Kier alpha value is -1.96. The number of halogens is 2. The number of hydrogen-bond acceptors (Lipinski definition) is 6. The normalized spacial score (nSPS) is 13.0. The monoisotopic (exact) mass is 410 g/mol. The molecule has 0 radical (unpaired) electrons. The highest BCUT2D eigenvalue weighted by atomic mass is 35.5. The molecule has 0 aliphatic heterocycles. The molecule has 0 spiro atoms. The lowest BCUT2D eigenvalue weighted by molar-refractivity contribution is 0.601. The number of nitrogens with one attached hydrogen (secondary N) is 1. The van der Waals surface area contributed by atoms with E-state index >= 15 is 0 Å². The lowest BCUT2D eigenvalue weighted by atomic mass is 10.0. The predicted molar refractivity (Wildman–Crippen MR) is 104 cm³/mol. The summed E-state index contributed by atoms with van der Waals surface area (Å²) in [7, 11) is -3.31. The van der Waals surface area contributed by atoms with Crippen molar-refractivity contribution >= 4 is 49.8 Å². The molecule has 1 N–H and O–H groups in total. The van der Waals surface area contributed by atoms with Crippen LogP contribution in [0.5, 0.6) is 0 Å². The van der Waals surface area contributed by atoms with E-state index in [-0.39, 0.29) is 11.3 Å². The van der Waals surface area contributed by atoms with Gasteiger partial charge in [-0.05, 0) is 48.7 Å². The fourth-order valence-electron chi connectivity index (χ4n) is 2.87. The van der Waals surface area contributed by atoms with Crippen LogP contribution in [0.3, 0.4) is 0 Å². The van der Waals surface area contributed by atoms with Gasteiger partial charge in [-0.3, -0.25) is 0 Å². The molecule has 6 nitrogen and oxygen atoms in total. The summed E-state index contributed by atoms with van der Waals surface area (Å²) in [5, 5.41) is 4.35. The first-order valence-electron chi connectivity index (χ1n) is 7.71. The van der Waals surface area contributed by atoms with Gasteiger partial charge in [-0.2, -0.15) is 0 Å². The third-order valence-electron chi connectivity index (χ3n) is 4.07. The van der Waals surface area contributed by atoms with Crippen molar-refractivity contribution in [1.82, 2.24) is 15.0 Å². The first-order valence-corrected chi connectivity index (χ1v) is 10.4. The summed E-state index contributed by atoms with van der Waals surface area (Å²) in [6.07, 6.45) is 2.72. The maximum atomic E-state index is 12.0. The third-order valence-corrected chi connectivity index (χ3v) is 5.68. The summed E-state index contributed by atoms with van der Waals surface area (Å²) in [5.41, 5.74) is 2.10. The quantitative estimate of drug-likeness (QED) is 0.511. The minimum atomic E-state index is -3.31. The van der Waals surface area contributed by atoms with Crippen molar-refractivity contribution in [1.29, 1.82) is 0 Å². The van der Waals surface area contributed by atoms with Crippen LogP contribution in [0.25, 0.3) is 10.9 Å². The summed E-state index contributed by atoms with van der Waals surface area (Å²) >= 11 is 12.0. The van der Waals surface area contributed by atoms with Crippen molar-refractivity contribution in [3.05, 3.63) is 52.0 Å². The Labute approximate surface area is 161 Å². The van der Waals surface area contributed by atoms with Crippen LogP contribution in [0.1, 0.15) is 24.1 Å². The molecule has 0 aliphatic carbocycles. The SMILES string of the molecule is Cc1c([C@@H](C)Nc2nc(Cl)nc3cnc(Cl)cc23)cccc1S(C)(=O)=O. The highest BCUT2D eigenvalue weighted by Crippen LogP contribution is 2.30. The van der Waals surface area contributed by atoms with E-state index in [9.17, 15) is 8.42 Å². The number of rotatable bonds is 4. The molecule has 1 atom stereocenters. The van der Waals surface area contributed by atoms with Crippen molar-refractivity contribution in [3.63, 3.8) is 0 Å². The minimum Gasteiger partial charge on any atom is -0.363 e. The maximum absolute atomic E-state index is 12.0. The van der Waals surface area contributed by atoms with Gasteiger partial charge < -0.3 is 5.32 Å². The van der Waals surface area contributed by atoms with Gasteiger partial charge in [0.05, 0.1) is 22.7 Å². The molecule has 0 aliphatic rings. The van der Waals surface area contributed by atoms with E-state index in [0.717, 1.165) is 5.56 Å². The molecule has 0 saturated carbocycles.